The van der Waals surface area contributed by atoms with Gasteiger partial charge in [-0.05, 0) is 25.1 Å². The van der Waals surface area contributed by atoms with E-state index in [1.807, 2.05) is 4.90 Å². The van der Waals surface area contributed by atoms with Gasteiger partial charge < -0.3 is 10.2 Å². The zero-order valence-corrected chi connectivity index (χ0v) is 12.8. The summed E-state index contributed by atoms with van der Waals surface area (Å²) in [4.78, 5) is 13.7. The first-order chi connectivity index (χ1) is 10.3. The molecule has 0 unspecified atom stereocenters. The van der Waals surface area contributed by atoms with Gasteiger partial charge in [-0.15, -0.1) is 0 Å². The van der Waals surface area contributed by atoms with Crippen LogP contribution >= 0.6 is 0 Å². The van der Waals surface area contributed by atoms with E-state index in [1.54, 1.807) is 0 Å². The molecule has 0 saturated carbocycles. The lowest BCUT2D eigenvalue weighted by Gasteiger charge is -2.18. The normalized spacial score (nSPS) is 18.6. The van der Waals surface area contributed by atoms with Crippen LogP contribution < -0.4 is 5.32 Å². The van der Waals surface area contributed by atoms with Crippen LogP contribution in [-0.4, -0.2) is 50.4 Å². The van der Waals surface area contributed by atoms with Crippen molar-refractivity contribution in [3.8, 4) is 0 Å². The average molecular weight is 332 g/mol. The molecule has 1 amide bonds. The van der Waals surface area contributed by atoms with E-state index in [1.165, 1.54) is 0 Å². The molecular formula is C14H18F2N2O3S. The molecule has 1 heterocycles. The highest BCUT2D eigenvalue weighted by Gasteiger charge is 2.19. The van der Waals surface area contributed by atoms with E-state index >= 15 is 0 Å². The van der Waals surface area contributed by atoms with Crippen molar-refractivity contribution >= 4 is 21.4 Å². The van der Waals surface area contributed by atoms with Crippen molar-refractivity contribution in [2.75, 3.05) is 36.5 Å². The van der Waals surface area contributed by atoms with Gasteiger partial charge in [0.1, 0.15) is 11.6 Å². The molecule has 1 fully saturated rings. The molecule has 1 aromatic carbocycles. The third kappa shape index (κ3) is 5.34. The van der Waals surface area contributed by atoms with Crippen LogP contribution in [0.1, 0.15) is 12.8 Å². The Hall–Kier alpha value is -1.54. The average Bonchev–Trinajstić information content (AvgIpc) is 2.56. The number of carbonyl (C=O) groups excluding carboxylic acids is 1. The molecule has 122 valence electrons. The number of hydrogen-bond donors (Lipinski definition) is 1. The van der Waals surface area contributed by atoms with Gasteiger partial charge >= 0.3 is 0 Å². The lowest BCUT2D eigenvalue weighted by molar-refractivity contribution is -0.116. The number of amides is 1. The van der Waals surface area contributed by atoms with Crippen molar-refractivity contribution in [3.05, 3.63) is 29.8 Å². The first-order valence-electron chi connectivity index (χ1n) is 7.03. The second-order valence-corrected chi connectivity index (χ2v) is 7.61. The van der Waals surface area contributed by atoms with E-state index in [0.717, 1.165) is 18.2 Å². The number of anilines is 1. The van der Waals surface area contributed by atoms with Gasteiger partial charge in [0.2, 0.25) is 5.91 Å². The molecule has 0 radical (unpaired) electrons. The lowest BCUT2D eigenvalue weighted by Crippen LogP contribution is -2.30. The summed E-state index contributed by atoms with van der Waals surface area (Å²) in [7, 11) is -2.97. The number of hydrogen-bond acceptors (Lipinski definition) is 4. The fourth-order valence-corrected chi connectivity index (χ4v) is 3.63. The van der Waals surface area contributed by atoms with E-state index in [9.17, 15) is 22.0 Å². The van der Waals surface area contributed by atoms with Gasteiger partial charge in [0, 0.05) is 31.3 Å². The van der Waals surface area contributed by atoms with E-state index in [2.05, 4.69) is 5.32 Å². The summed E-state index contributed by atoms with van der Waals surface area (Å²) in [6, 6.07) is 2.81. The Morgan fingerprint density at radius 2 is 1.82 bits per heavy atom. The van der Waals surface area contributed by atoms with Crippen LogP contribution in [0.25, 0.3) is 0 Å². The highest BCUT2D eigenvalue weighted by atomic mass is 32.2. The minimum absolute atomic E-state index is 0.0703. The number of carbonyl (C=O) groups is 1. The number of nitrogens with one attached hydrogen (secondary N) is 1. The maximum atomic E-state index is 13.0. The summed E-state index contributed by atoms with van der Waals surface area (Å²) in [5, 5.41) is 2.43. The predicted octanol–water partition coefficient (Wildman–Crippen LogP) is 1.41. The fraction of sp³-hybridized carbons (Fsp3) is 0.500. The van der Waals surface area contributed by atoms with Crippen LogP contribution in [0.4, 0.5) is 14.5 Å². The zero-order valence-electron chi connectivity index (χ0n) is 12.0. The van der Waals surface area contributed by atoms with Gasteiger partial charge in [-0.2, -0.15) is 0 Å². The Balaban J connectivity index is 1.82. The van der Waals surface area contributed by atoms with Crippen molar-refractivity contribution in [2.24, 2.45) is 0 Å². The zero-order chi connectivity index (χ0) is 16.2. The summed E-state index contributed by atoms with van der Waals surface area (Å²) < 4.78 is 49.0. The van der Waals surface area contributed by atoms with Gasteiger partial charge in [-0.1, -0.05) is 0 Å². The third-order valence-electron chi connectivity index (χ3n) is 3.45. The molecule has 2 rings (SSSR count). The first kappa shape index (κ1) is 16.8. The first-order valence-corrected chi connectivity index (χ1v) is 8.85. The Labute approximate surface area is 128 Å². The summed E-state index contributed by atoms with van der Waals surface area (Å²) in [6.07, 6.45) is 0.692. The molecule has 8 heteroatoms. The summed E-state index contributed by atoms with van der Waals surface area (Å²) in [5.41, 5.74) is 0.0703. The maximum absolute atomic E-state index is 13.0. The Kier molecular flexibility index (Phi) is 5.47. The van der Waals surface area contributed by atoms with Crippen LogP contribution in [0.5, 0.6) is 0 Å². The second-order valence-electron chi connectivity index (χ2n) is 5.30. The SMILES string of the molecule is O=C(CCN1CCCS(=O)(=O)CC1)Nc1cc(F)cc(F)c1. The molecule has 0 atom stereocenters. The molecule has 1 saturated heterocycles. The number of benzene rings is 1. The van der Waals surface area contributed by atoms with Crippen molar-refractivity contribution in [2.45, 2.75) is 12.8 Å². The summed E-state index contributed by atoms with van der Waals surface area (Å²) >= 11 is 0. The molecule has 0 bridgehead atoms. The van der Waals surface area contributed by atoms with Crippen LogP contribution in [0.3, 0.4) is 0 Å². The largest absolute Gasteiger partial charge is 0.326 e. The quantitative estimate of drug-likeness (QED) is 0.905. The predicted molar refractivity (Wildman–Crippen MR) is 79.3 cm³/mol. The topological polar surface area (TPSA) is 66.5 Å². The maximum Gasteiger partial charge on any atom is 0.225 e. The van der Waals surface area contributed by atoms with Gasteiger partial charge in [0.25, 0.3) is 0 Å². The van der Waals surface area contributed by atoms with Crippen LogP contribution in [-0.2, 0) is 14.6 Å². The molecule has 0 spiro atoms. The number of sulfone groups is 1. The molecular weight excluding hydrogens is 314 g/mol. The minimum Gasteiger partial charge on any atom is -0.326 e. The molecule has 0 aromatic heterocycles. The number of halogens is 2. The monoisotopic (exact) mass is 332 g/mol. The lowest BCUT2D eigenvalue weighted by atomic mass is 10.2. The van der Waals surface area contributed by atoms with E-state index in [4.69, 9.17) is 0 Å². The molecule has 1 aliphatic heterocycles. The van der Waals surface area contributed by atoms with E-state index < -0.39 is 21.5 Å². The second kappa shape index (κ2) is 7.15. The molecule has 0 aliphatic carbocycles. The highest BCUT2D eigenvalue weighted by Crippen LogP contribution is 2.13. The standard InChI is InChI=1S/C14H18F2N2O3S/c15-11-8-12(16)10-13(9-11)17-14(19)2-4-18-3-1-6-22(20,21)7-5-18/h8-10H,1-7H2,(H,17,19). The molecule has 22 heavy (non-hydrogen) atoms. The van der Waals surface area contributed by atoms with Crippen LogP contribution in [0.2, 0.25) is 0 Å². The van der Waals surface area contributed by atoms with Gasteiger partial charge in [-0.25, -0.2) is 17.2 Å². The van der Waals surface area contributed by atoms with E-state index in [-0.39, 0.29) is 29.5 Å². The van der Waals surface area contributed by atoms with E-state index in [0.29, 0.717) is 26.1 Å². The molecule has 5 nitrogen and oxygen atoms in total. The third-order valence-corrected chi connectivity index (χ3v) is 5.16. The summed E-state index contributed by atoms with van der Waals surface area (Å²) in [5.74, 6) is -1.60. The smallest absolute Gasteiger partial charge is 0.225 e. The molecule has 1 aliphatic rings. The van der Waals surface area contributed by atoms with Gasteiger partial charge in [-0.3, -0.25) is 4.79 Å². The van der Waals surface area contributed by atoms with Crippen molar-refractivity contribution < 1.29 is 22.0 Å². The van der Waals surface area contributed by atoms with Crippen LogP contribution in [0, 0.1) is 11.6 Å². The number of nitrogens with zero attached hydrogens (tertiary/aromatic N) is 1. The minimum atomic E-state index is -2.97. The Morgan fingerprint density at radius 3 is 2.50 bits per heavy atom. The number of rotatable bonds is 4. The van der Waals surface area contributed by atoms with Crippen molar-refractivity contribution in [1.29, 1.82) is 0 Å². The van der Waals surface area contributed by atoms with Crippen molar-refractivity contribution in [1.82, 2.24) is 4.90 Å². The van der Waals surface area contributed by atoms with Crippen molar-refractivity contribution in [3.63, 3.8) is 0 Å². The van der Waals surface area contributed by atoms with Crippen LogP contribution in [0.15, 0.2) is 18.2 Å². The summed E-state index contributed by atoms with van der Waals surface area (Å²) in [6.45, 7) is 1.45. The molecule has 1 N–H and O–H groups in total. The van der Waals surface area contributed by atoms with Gasteiger partial charge in [0.05, 0.1) is 11.5 Å². The molecule has 1 aromatic rings. The Bertz CT molecular complexity index is 629. The highest BCUT2D eigenvalue weighted by molar-refractivity contribution is 7.91. The fourth-order valence-electron chi connectivity index (χ4n) is 2.32. The Morgan fingerprint density at radius 1 is 1.14 bits per heavy atom. The van der Waals surface area contributed by atoms with Gasteiger partial charge in [0.15, 0.2) is 9.84 Å².